The van der Waals surface area contributed by atoms with E-state index in [1.807, 2.05) is 29.2 Å². The molecule has 1 aromatic heterocycles. The van der Waals surface area contributed by atoms with Crippen LogP contribution < -0.4 is 15.5 Å². The molecule has 1 fully saturated rings. The van der Waals surface area contributed by atoms with Gasteiger partial charge in [0.05, 0.1) is 20.7 Å². The molecule has 188 valence electrons. The molecule has 1 amide bonds. The quantitative estimate of drug-likeness (QED) is 0.131. The van der Waals surface area contributed by atoms with E-state index in [2.05, 4.69) is 15.6 Å². The number of carbonyl (C=O) groups is 1. The van der Waals surface area contributed by atoms with Gasteiger partial charge in [-0.05, 0) is 73.9 Å². The second kappa shape index (κ2) is 10.1. The molecule has 0 atom stereocenters. The summed E-state index contributed by atoms with van der Waals surface area (Å²) in [7, 11) is 0. The Morgan fingerprint density at radius 2 is 1.92 bits per heavy atom. The zero-order chi connectivity index (χ0) is 26.1. The van der Waals surface area contributed by atoms with E-state index in [9.17, 15) is 20.0 Å². The first-order chi connectivity index (χ1) is 17.8. The molecule has 0 bridgehead atoms. The van der Waals surface area contributed by atoms with Gasteiger partial charge in [-0.25, -0.2) is 4.98 Å². The fourth-order valence-electron chi connectivity index (χ4n) is 4.38. The van der Waals surface area contributed by atoms with Crippen LogP contribution in [0.3, 0.4) is 0 Å². The number of thiocarbonyl (C=S) groups is 1. The summed E-state index contributed by atoms with van der Waals surface area (Å²) in [4.78, 5) is 30.6. The monoisotopic (exact) mass is 533 g/mol. The van der Waals surface area contributed by atoms with Crippen molar-refractivity contribution < 1.29 is 14.8 Å². The highest BCUT2D eigenvalue weighted by atomic mass is 32.1. The number of aromatic nitrogens is 1. The van der Waals surface area contributed by atoms with Gasteiger partial charge >= 0.3 is 0 Å². The number of aromatic hydroxyl groups is 1. The number of hydrogen-bond acceptors (Lipinski definition) is 8. The summed E-state index contributed by atoms with van der Waals surface area (Å²) < 4.78 is 1.00. The van der Waals surface area contributed by atoms with Gasteiger partial charge in [0.2, 0.25) is 0 Å². The molecule has 5 rings (SSSR count). The molecule has 9 nitrogen and oxygen atoms in total. The van der Waals surface area contributed by atoms with Gasteiger partial charge in [0.25, 0.3) is 11.6 Å². The zero-order valence-corrected chi connectivity index (χ0v) is 21.5. The Kier molecular flexibility index (Phi) is 6.72. The van der Waals surface area contributed by atoms with E-state index in [0.717, 1.165) is 36.1 Å². The summed E-state index contributed by atoms with van der Waals surface area (Å²) in [5.41, 5.74) is 3.10. The van der Waals surface area contributed by atoms with Crippen molar-refractivity contribution >= 4 is 61.9 Å². The Morgan fingerprint density at radius 1 is 1.16 bits per heavy atom. The second-order valence-corrected chi connectivity index (χ2v) is 10.2. The normalized spacial score (nSPS) is 13.1. The molecule has 1 saturated heterocycles. The average Bonchev–Trinajstić information content (AvgIpc) is 3.56. The van der Waals surface area contributed by atoms with Crippen molar-refractivity contribution in [3.8, 4) is 16.3 Å². The third-order valence-corrected chi connectivity index (χ3v) is 7.46. The summed E-state index contributed by atoms with van der Waals surface area (Å²) in [6.45, 7) is 3.27. The second-order valence-electron chi connectivity index (χ2n) is 8.74. The number of hydrogen-bond donors (Lipinski definition) is 3. The highest BCUT2D eigenvalue weighted by Gasteiger charge is 2.24. The van der Waals surface area contributed by atoms with Crippen LogP contribution >= 0.6 is 23.6 Å². The highest BCUT2D eigenvalue weighted by molar-refractivity contribution is 7.80. The number of benzene rings is 3. The van der Waals surface area contributed by atoms with Crippen LogP contribution in [0.15, 0.2) is 54.6 Å². The fourth-order valence-corrected chi connectivity index (χ4v) is 5.57. The van der Waals surface area contributed by atoms with Gasteiger partial charge in [-0.15, -0.1) is 11.3 Å². The number of aryl methyl sites for hydroxylation is 1. The number of nitrogens with one attached hydrogen (secondary N) is 2. The number of nitro groups is 1. The van der Waals surface area contributed by atoms with Gasteiger partial charge in [0, 0.05) is 30.4 Å². The Labute approximate surface area is 221 Å². The number of phenols is 1. The number of rotatable bonds is 5. The van der Waals surface area contributed by atoms with Crippen molar-refractivity contribution in [1.29, 1.82) is 0 Å². The largest absolute Gasteiger partial charge is 0.507 e. The van der Waals surface area contributed by atoms with Crippen molar-refractivity contribution in [3.05, 3.63) is 75.8 Å². The number of amides is 1. The number of para-hydroxylation sites is 1. The molecule has 3 aromatic carbocycles. The lowest BCUT2D eigenvalue weighted by Crippen LogP contribution is -2.34. The maximum absolute atomic E-state index is 12.8. The first kappa shape index (κ1) is 24.6. The number of thiazole rings is 1. The first-order valence-electron chi connectivity index (χ1n) is 11.7. The molecule has 0 unspecified atom stereocenters. The van der Waals surface area contributed by atoms with Gasteiger partial charge in [0.15, 0.2) is 5.11 Å². The lowest BCUT2D eigenvalue weighted by Gasteiger charge is -2.18. The summed E-state index contributed by atoms with van der Waals surface area (Å²) in [6.07, 6.45) is 1.97. The topological polar surface area (TPSA) is 121 Å². The van der Waals surface area contributed by atoms with Crippen molar-refractivity contribution in [2.24, 2.45) is 0 Å². The molecule has 2 heterocycles. The van der Waals surface area contributed by atoms with E-state index in [0.29, 0.717) is 27.5 Å². The maximum Gasteiger partial charge on any atom is 0.293 e. The van der Waals surface area contributed by atoms with Gasteiger partial charge in [-0.1, -0.05) is 12.1 Å². The minimum Gasteiger partial charge on any atom is -0.507 e. The van der Waals surface area contributed by atoms with Gasteiger partial charge < -0.3 is 15.3 Å². The lowest BCUT2D eigenvalue weighted by atomic mass is 10.1. The predicted molar refractivity (Wildman–Crippen MR) is 150 cm³/mol. The lowest BCUT2D eigenvalue weighted by molar-refractivity contribution is -0.384. The summed E-state index contributed by atoms with van der Waals surface area (Å²) >= 11 is 6.80. The van der Waals surface area contributed by atoms with Crippen molar-refractivity contribution in [3.63, 3.8) is 0 Å². The minimum atomic E-state index is -0.560. The number of nitro benzene ring substituents is 1. The fraction of sp³-hybridized carbons (Fsp3) is 0.192. The maximum atomic E-state index is 12.8. The number of anilines is 2. The number of carbonyl (C=O) groups excluding carboxylic acids is 1. The van der Waals surface area contributed by atoms with Crippen LogP contribution in [0.1, 0.15) is 28.8 Å². The molecule has 11 heteroatoms. The van der Waals surface area contributed by atoms with Crippen molar-refractivity contribution in [2.45, 2.75) is 19.8 Å². The van der Waals surface area contributed by atoms with E-state index in [4.69, 9.17) is 12.2 Å². The third kappa shape index (κ3) is 5.09. The van der Waals surface area contributed by atoms with Crippen molar-refractivity contribution in [2.75, 3.05) is 23.3 Å². The molecule has 3 N–H and O–H groups in total. The molecule has 4 aromatic rings. The Hall–Kier alpha value is -4.09. The van der Waals surface area contributed by atoms with E-state index in [-0.39, 0.29) is 22.1 Å². The molecule has 0 radical (unpaired) electrons. The van der Waals surface area contributed by atoms with Gasteiger partial charge in [-0.2, -0.15) is 0 Å². The van der Waals surface area contributed by atoms with E-state index >= 15 is 0 Å². The summed E-state index contributed by atoms with van der Waals surface area (Å²) in [6, 6.07) is 15.6. The first-order valence-corrected chi connectivity index (χ1v) is 12.9. The molecule has 37 heavy (non-hydrogen) atoms. The van der Waals surface area contributed by atoms with Crippen LogP contribution in [0, 0.1) is 17.0 Å². The van der Waals surface area contributed by atoms with E-state index in [1.54, 1.807) is 31.2 Å². The predicted octanol–water partition coefficient (Wildman–Crippen LogP) is 5.61. The molecule has 1 aliphatic rings. The molecule has 1 aliphatic heterocycles. The van der Waals surface area contributed by atoms with Crippen LogP contribution in [0.4, 0.5) is 17.1 Å². The molecule has 0 aliphatic carbocycles. The summed E-state index contributed by atoms with van der Waals surface area (Å²) in [5, 5.41) is 28.6. The zero-order valence-electron chi connectivity index (χ0n) is 19.9. The van der Waals surface area contributed by atoms with Crippen LogP contribution in [-0.4, -0.2) is 39.1 Å². The average molecular weight is 534 g/mol. The molecule has 0 spiro atoms. The Morgan fingerprint density at radius 3 is 2.65 bits per heavy atom. The number of phenolic OH excluding ortho intramolecular Hbond substituents is 1. The smallest absolute Gasteiger partial charge is 0.293 e. The Bertz CT molecular complexity index is 1510. The van der Waals surface area contributed by atoms with Crippen LogP contribution in [0.5, 0.6) is 5.75 Å². The molecule has 0 saturated carbocycles. The highest BCUT2D eigenvalue weighted by Crippen LogP contribution is 2.39. The molecular formula is C26H23N5O4S2. The van der Waals surface area contributed by atoms with Crippen LogP contribution in [-0.2, 0) is 0 Å². The Balaban J connectivity index is 1.34. The van der Waals surface area contributed by atoms with Gasteiger partial charge in [-0.3, -0.25) is 20.2 Å². The SMILES string of the molecule is Cc1cc(NC(=S)NC(=O)c2ccc(N3CCCC3)c([N+](=O)[O-])c2)cc(-c2nc3ccccc3s2)c1O. The number of fused-ring (bicyclic) bond motifs is 1. The van der Waals surface area contributed by atoms with E-state index < -0.39 is 10.8 Å². The van der Waals surface area contributed by atoms with Crippen LogP contribution in [0.2, 0.25) is 0 Å². The number of nitrogens with zero attached hydrogens (tertiary/aromatic N) is 3. The summed E-state index contributed by atoms with van der Waals surface area (Å²) in [5.74, 6) is -0.444. The van der Waals surface area contributed by atoms with E-state index in [1.165, 1.54) is 17.4 Å². The van der Waals surface area contributed by atoms with Gasteiger partial charge in [0.1, 0.15) is 16.4 Å². The van der Waals surface area contributed by atoms with Crippen molar-refractivity contribution in [1.82, 2.24) is 10.3 Å². The third-order valence-electron chi connectivity index (χ3n) is 6.19. The molecular weight excluding hydrogens is 510 g/mol. The van der Waals surface area contributed by atoms with Crippen LogP contribution in [0.25, 0.3) is 20.8 Å². The standard InChI is InChI=1S/C26H23N5O4S2/c1-15-12-17(14-18(23(15)32)25-28-19-6-2-3-7-22(19)37-25)27-26(36)29-24(33)16-8-9-20(21(13-16)31(34)35)30-10-4-5-11-30/h2-3,6-9,12-14,32H,4-5,10-11H2,1H3,(H2,27,29,33,36). The minimum absolute atomic E-state index is 0.0246.